The van der Waals surface area contributed by atoms with Crippen molar-refractivity contribution in [3.05, 3.63) is 11.1 Å². The van der Waals surface area contributed by atoms with Gasteiger partial charge in [0, 0.05) is 12.3 Å². The molecule has 0 aromatic carbocycles. The fourth-order valence-electron chi connectivity index (χ4n) is 0.845. The molecule has 1 heterocycles. The highest BCUT2D eigenvalue weighted by Gasteiger charge is 2.09. The van der Waals surface area contributed by atoms with Crippen LogP contribution < -0.4 is 5.32 Å². The van der Waals surface area contributed by atoms with Gasteiger partial charge in [0.25, 0.3) is 0 Å². The first-order valence-corrected chi connectivity index (χ1v) is 5.81. The number of carbonyl (C=O) groups is 1. The smallest absolute Gasteiger partial charge is 0.228 e. The lowest BCUT2D eigenvalue weighted by Crippen LogP contribution is -2.17. The lowest BCUT2D eigenvalue weighted by Gasteiger charge is -2.02. The van der Waals surface area contributed by atoms with E-state index in [1.165, 1.54) is 11.3 Å². The van der Waals surface area contributed by atoms with Crippen LogP contribution >= 0.6 is 11.3 Å². The average Bonchev–Trinajstić information content (AvgIpc) is 2.66. The second-order valence-corrected chi connectivity index (χ2v) is 4.48. The van der Waals surface area contributed by atoms with E-state index in [0.29, 0.717) is 11.6 Å². The van der Waals surface area contributed by atoms with Crippen LogP contribution in [0.25, 0.3) is 0 Å². The van der Waals surface area contributed by atoms with Crippen LogP contribution in [0, 0.1) is 17.8 Å². The van der Waals surface area contributed by atoms with Crippen LogP contribution in [0.4, 0.5) is 5.13 Å². The molecule has 0 atom stereocenters. The van der Waals surface area contributed by atoms with Crippen LogP contribution in [-0.2, 0) is 4.79 Å². The Kier molecular flexibility index (Phi) is 4.96. The molecule has 0 fully saturated rings. The molecule has 0 aliphatic rings. The minimum atomic E-state index is -0.0622. The predicted octanol–water partition coefficient (Wildman–Crippen LogP) is 1.47. The van der Waals surface area contributed by atoms with Gasteiger partial charge >= 0.3 is 0 Å². The second-order valence-electron chi connectivity index (χ2n) is 3.45. The summed E-state index contributed by atoms with van der Waals surface area (Å²) in [5, 5.41) is 11.8. The predicted molar refractivity (Wildman–Crippen MR) is 64.2 cm³/mol. The van der Waals surface area contributed by atoms with Crippen molar-refractivity contribution in [3.8, 4) is 11.8 Å². The number of thiazole rings is 1. The molecular weight excluding hydrogens is 224 g/mol. The van der Waals surface area contributed by atoms with Crippen molar-refractivity contribution in [2.24, 2.45) is 5.92 Å². The van der Waals surface area contributed by atoms with Gasteiger partial charge in [-0.15, -0.1) is 0 Å². The molecule has 5 heteroatoms. The van der Waals surface area contributed by atoms with Crippen LogP contribution in [0.3, 0.4) is 0 Å². The first-order valence-electron chi connectivity index (χ1n) is 5.00. The van der Waals surface area contributed by atoms with Gasteiger partial charge in [-0.25, -0.2) is 4.98 Å². The van der Waals surface area contributed by atoms with E-state index in [2.05, 4.69) is 22.1 Å². The number of amides is 1. The molecule has 0 aliphatic heterocycles. The van der Waals surface area contributed by atoms with Gasteiger partial charge in [-0.05, 0) is 0 Å². The van der Waals surface area contributed by atoms with E-state index in [0.717, 1.165) is 4.88 Å². The quantitative estimate of drug-likeness (QED) is 0.784. The Morgan fingerprint density at radius 2 is 2.44 bits per heavy atom. The van der Waals surface area contributed by atoms with Crippen molar-refractivity contribution >= 4 is 22.4 Å². The van der Waals surface area contributed by atoms with Crippen LogP contribution in [0.2, 0.25) is 0 Å². The number of aromatic nitrogens is 1. The number of nitrogens with one attached hydrogen (secondary N) is 1. The van der Waals surface area contributed by atoms with Crippen molar-refractivity contribution < 1.29 is 9.90 Å². The SMILES string of the molecule is CC(C)C(=O)Nc1ncc(C#CCCO)s1. The summed E-state index contributed by atoms with van der Waals surface area (Å²) in [6, 6.07) is 0. The van der Waals surface area contributed by atoms with E-state index in [1.54, 1.807) is 6.20 Å². The molecule has 16 heavy (non-hydrogen) atoms. The maximum absolute atomic E-state index is 11.4. The maximum atomic E-state index is 11.4. The Morgan fingerprint density at radius 1 is 1.69 bits per heavy atom. The second kappa shape index (κ2) is 6.26. The van der Waals surface area contributed by atoms with Gasteiger partial charge in [0.2, 0.25) is 5.91 Å². The molecule has 0 unspecified atom stereocenters. The molecular formula is C11H14N2O2S. The standard InChI is InChI=1S/C11H14N2O2S/c1-8(2)10(15)13-11-12-7-9(16-11)5-3-4-6-14/h7-8,14H,4,6H2,1-2H3,(H,12,13,15). The lowest BCUT2D eigenvalue weighted by molar-refractivity contribution is -0.118. The van der Waals surface area contributed by atoms with E-state index in [9.17, 15) is 4.79 Å². The highest BCUT2D eigenvalue weighted by Crippen LogP contribution is 2.17. The van der Waals surface area contributed by atoms with Gasteiger partial charge in [-0.2, -0.15) is 0 Å². The lowest BCUT2D eigenvalue weighted by atomic mass is 10.2. The summed E-state index contributed by atoms with van der Waals surface area (Å²) in [6.07, 6.45) is 2.07. The van der Waals surface area contributed by atoms with E-state index in [1.807, 2.05) is 13.8 Å². The summed E-state index contributed by atoms with van der Waals surface area (Å²) >= 11 is 1.33. The molecule has 1 amide bonds. The Hall–Kier alpha value is -1.38. The van der Waals surface area contributed by atoms with E-state index < -0.39 is 0 Å². The maximum Gasteiger partial charge on any atom is 0.228 e. The third-order valence-corrected chi connectivity index (χ3v) is 2.54. The molecule has 0 bridgehead atoms. The van der Waals surface area contributed by atoms with Crippen molar-refractivity contribution in [1.29, 1.82) is 0 Å². The first kappa shape index (κ1) is 12.7. The normalized spacial score (nSPS) is 9.75. The van der Waals surface area contributed by atoms with E-state index in [4.69, 9.17) is 5.11 Å². The van der Waals surface area contributed by atoms with E-state index in [-0.39, 0.29) is 18.4 Å². The highest BCUT2D eigenvalue weighted by molar-refractivity contribution is 7.16. The van der Waals surface area contributed by atoms with Gasteiger partial charge in [-0.1, -0.05) is 37.0 Å². The molecule has 0 radical (unpaired) electrons. The number of aliphatic hydroxyl groups is 1. The van der Waals surface area contributed by atoms with Gasteiger partial charge in [0.15, 0.2) is 5.13 Å². The van der Waals surface area contributed by atoms with Gasteiger partial charge in [0.05, 0.1) is 17.7 Å². The Morgan fingerprint density at radius 3 is 3.06 bits per heavy atom. The molecule has 86 valence electrons. The van der Waals surface area contributed by atoms with Crippen molar-refractivity contribution in [1.82, 2.24) is 4.98 Å². The summed E-state index contributed by atoms with van der Waals surface area (Å²) in [7, 11) is 0. The summed E-state index contributed by atoms with van der Waals surface area (Å²) in [5.41, 5.74) is 0. The third kappa shape index (κ3) is 4.01. The number of nitrogens with zero attached hydrogens (tertiary/aromatic N) is 1. The van der Waals surface area contributed by atoms with Crippen LogP contribution in [-0.4, -0.2) is 22.6 Å². The number of carbonyl (C=O) groups excluding carboxylic acids is 1. The molecule has 1 aromatic heterocycles. The topological polar surface area (TPSA) is 62.2 Å². The van der Waals surface area contributed by atoms with Crippen LogP contribution in [0.1, 0.15) is 25.1 Å². The molecule has 4 nitrogen and oxygen atoms in total. The monoisotopic (exact) mass is 238 g/mol. The Balaban J connectivity index is 2.59. The highest BCUT2D eigenvalue weighted by atomic mass is 32.1. The third-order valence-electron chi connectivity index (χ3n) is 1.71. The molecule has 0 saturated heterocycles. The average molecular weight is 238 g/mol. The number of hydrogen-bond acceptors (Lipinski definition) is 4. The summed E-state index contributed by atoms with van der Waals surface area (Å²) < 4.78 is 0. The molecule has 1 aromatic rings. The minimum absolute atomic E-state index is 0.0517. The largest absolute Gasteiger partial charge is 0.395 e. The van der Waals surface area contributed by atoms with E-state index >= 15 is 0 Å². The van der Waals surface area contributed by atoms with Crippen molar-refractivity contribution in [3.63, 3.8) is 0 Å². The zero-order chi connectivity index (χ0) is 12.0. The number of aliphatic hydroxyl groups excluding tert-OH is 1. The van der Waals surface area contributed by atoms with Gasteiger partial charge in [0.1, 0.15) is 0 Å². The van der Waals surface area contributed by atoms with Gasteiger partial charge in [-0.3, -0.25) is 4.79 Å². The number of hydrogen-bond donors (Lipinski definition) is 2. The minimum Gasteiger partial charge on any atom is -0.395 e. The number of rotatable bonds is 3. The number of anilines is 1. The zero-order valence-electron chi connectivity index (χ0n) is 9.28. The summed E-state index contributed by atoms with van der Waals surface area (Å²) in [4.78, 5) is 16.2. The van der Waals surface area contributed by atoms with Crippen molar-refractivity contribution in [2.45, 2.75) is 20.3 Å². The van der Waals surface area contributed by atoms with Crippen molar-refractivity contribution in [2.75, 3.05) is 11.9 Å². The molecule has 0 aliphatic carbocycles. The fourth-order valence-corrected chi connectivity index (χ4v) is 1.54. The van der Waals surface area contributed by atoms with Gasteiger partial charge < -0.3 is 10.4 Å². The molecule has 0 saturated carbocycles. The summed E-state index contributed by atoms with van der Waals surface area (Å²) in [5.74, 6) is 5.55. The van der Waals surface area contributed by atoms with Crippen LogP contribution in [0.5, 0.6) is 0 Å². The fraction of sp³-hybridized carbons (Fsp3) is 0.455. The Labute approximate surface area is 98.7 Å². The summed E-state index contributed by atoms with van der Waals surface area (Å²) in [6.45, 7) is 3.71. The molecule has 0 spiro atoms. The zero-order valence-corrected chi connectivity index (χ0v) is 10.1. The molecule has 1 rings (SSSR count). The van der Waals surface area contributed by atoms with Crippen LogP contribution in [0.15, 0.2) is 6.20 Å². The molecule has 2 N–H and O–H groups in total. The Bertz CT molecular complexity index is 415. The first-order chi connectivity index (χ1) is 7.63.